The van der Waals surface area contributed by atoms with E-state index in [1.807, 2.05) is 6.07 Å². The van der Waals surface area contributed by atoms with Gasteiger partial charge < -0.3 is 9.47 Å². The Morgan fingerprint density at radius 1 is 1.13 bits per heavy atom. The van der Waals surface area contributed by atoms with Crippen molar-refractivity contribution in [2.24, 2.45) is 0 Å². The molecular formula is C17H16N2O4. The van der Waals surface area contributed by atoms with E-state index in [9.17, 15) is 10.1 Å². The van der Waals surface area contributed by atoms with Gasteiger partial charge in [-0.25, -0.2) is 0 Å². The number of hydrogen-bond donors (Lipinski definition) is 0. The molecule has 0 aliphatic carbocycles. The van der Waals surface area contributed by atoms with Crippen LogP contribution >= 0.6 is 0 Å². The molecule has 0 heterocycles. The first-order valence-electron chi connectivity index (χ1n) is 7.11. The highest BCUT2D eigenvalue weighted by atomic mass is 16.6. The molecule has 6 heteroatoms. The van der Waals surface area contributed by atoms with E-state index in [-0.39, 0.29) is 5.69 Å². The molecule has 2 aromatic rings. The Bertz CT molecular complexity index is 738. The molecular weight excluding hydrogens is 296 g/mol. The standard InChI is InChI=1S/C17H16N2O4/c1-13-6-7-16(11-17(13)19(20)21)23-9-3-8-22-15-5-2-4-14(10-15)12-18/h2,4-7,10-11H,3,8-9H2,1H3. The normalized spacial score (nSPS) is 9.91. The number of aryl methyl sites for hydroxylation is 1. The fraction of sp³-hybridized carbons (Fsp3) is 0.235. The van der Waals surface area contributed by atoms with Gasteiger partial charge in [0.15, 0.2) is 0 Å². The first-order chi connectivity index (χ1) is 11.1. The molecule has 2 rings (SSSR count). The van der Waals surface area contributed by atoms with Crippen LogP contribution in [-0.4, -0.2) is 18.1 Å². The van der Waals surface area contributed by atoms with E-state index >= 15 is 0 Å². The summed E-state index contributed by atoms with van der Waals surface area (Å²) in [5.41, 5.74) is 1.20. The summed E-state index contributed by atoms with van der Waals surface area (Å²) in [6.07, 6.45) is 0.623. The molecule has 0 saturated heterocycles. The van der Waals surface area contributed by atoms with Crippen molar-refractivity contribution in [3.8, 4) is 17.6 Å². The van der Waals surface area contributed by atoms with Crippen molar-refractivity contribution < 1.29 is 14.4 Å². The second-order valence-electron chi connectivity index (χ2n) is 4.90. The summed E-state index contributed by atoms with van der Waals surface area (Å²) in [5, 5.41) is 19.7. The molecule has 0 fully saturated rings. The van der Waals surface area contributed by atoms with Crippen LogP contribution in [-0.2, 0) is 0 Å². The molecule has 6 nitrogen and oxygen atoms in total. The predicted octanol–water partition coefficient (Wildman–Crippen LogP) is 3.62. The number of ether oxygens (including phenoxy) is 2. The molecule has 0 spiro atoms. The zero-order valence-corrected chi connectivity index (χ0v) is 12.7. The zero-order chi connectivity index (χ0) is 16.7. The van der Waals surface area contributed by atoms with Gasteiger partial charge in [-0.15, -0.1) is 0 Å². The molecule has 0 atom stereocenters. The Morgan fingerprint density at radius 3 is 2.48 bits per heavy atom. The number of nitrogens with zero attached hydrogens (tertiary/aromatic N) is 2. The first-order valence-corrected chi connectivity index (χ1v) is 7.11. The summed E-state index contributed by atoms with van der Waals surface area (Å²) in [5.74, 6) is 1.10. The number of nitro benzene ring substituents is 1. The molecule has 23 heavy (non-hydrogen) atoms. The van der Waals surface area contributed by atoms with Crippen LogP contribution < -0.4 is 9.47 Å². The van der Waals surface area contributed by atoms with Crippen LogP contribution in [0.3, 0.4) is 0 Å². The Morgan fingerprint density at radius 2 is 1.83 bits per heavy atom. The molecule has 0 aliphatic heterocycles. The number of nitriles is 1. The quantitative estimate of drug-likeness (QED) is 0.443. The van der Waals surface area contributed by atoms with Crippen LogP contribution in [0, 0.1) is 28.4 Å². The molecule has 0 amide bonds. The van der Waals surface area contributed by atoms with Gasteiger partial charge in [0.2, 0.25) is 0 Å². The third-order valence-electron chi connectivity index (χ3n) is 3.17. The van der Waals surface area contributed by atoms with Crippen LogP contribution in [0.2, 0.25) is 0 Å². The smallest absolute Gasteiger partial charge is 0.275 e. The molecule has 0 N–H and O–H groups in total. The lowest BCUT2D eigenvalue weighted by Crippen LogP contribution is -2.05. The molecule has 2 aromatic carbocycles. The summed E-state index contributed by atoms with van der Waals surface area (Å²) >= 11 is 0. The summed E-state index contributed by atoms with van der Waals surface area (Å²) in [6.45, 7) is 2.51. The van der Waals surface area contributed by atoms with Crippen LogP contribution in [0.25, 0.3) is 0 Å². The minimum atomic E-state index is -0.423. The number of benzene rings is 2. The zero-order valence-electron chi connectivity index (χ0n) is 12.7. The lowest BCUT2D eigenvalue weighted by Gasteiger charge is -2.08. The average molecular weight is 312 g/mol. The van der Waals surface area contributed by atoms with Crippen LogP contribution in [0.4, 0.5) is 5.69 Å². The highest BCUT2D eigenvalue weighted by molar-refractivity contribution is 5.45. The van der Waals surface area contributed by atoms with Gasteiger partial charge in [-0.1, -0.05) is 6.07 Å². The maximum Gasteiger partial charge on any atom is 0.275 e. The molecule has 0 radical (unpaired) electrons. The predicted molar refractivity (Wildman–Crippen MR) is 84.6 cm³/mol. The van der Waals surface area contributed by atoms with E-state index in [1.54, 1.807) is 43.3 Å². The molecule has 0 aliphatic rings. The third-order valence-corrected chi connectivity index (χ3v) is 3.17. The monoisotopic (exact) mass is 312 g/mol. The Labute approximate surface area is 134 Å². The molecule has 0 unspecified atom stereocenters. The largest absolute Gasteiger partial charge is 0.493 e. The van der Waals surface area contributed by atoms with Crippen molar-refractivity contribution in [2.75, 3.05) is 13.2 Å². The van der Waals surface area contributed by atoms with Crippen molar-refractivity contribution in [1.82, 2.24) is 0 Å². The van der Waals surface area contributed by atoms with E-state index in [0.717, 1.165) is 0 Å². The maximum absolute atomic E-state index is 10.9. The lowest BCUT2D eigenvalue weighted by molar-refractivity contribution is -0.385. The fourth-order valence-electron chi connectivity index (χ4n) is 1.97. The third kappa shape index (κ3) is 4.71. The van der Waals surface area contributed by atoms with E-state index in [4.69, 9.17) is 14.7 Å². The van der Waals surface area contributed by atoms with Gasteiger partial charge in [0.1, 0.15) is 11.5 Å². The molecule has 118 valence electrons. The summed E-state index contributed by atoms with van der Waals surface area (Å²) in [4.78, 5) is 10.4. The fourth-order valence-corrected chi connectivity index (χ4v) is 1.97. The van der Waals surface area contributed by atoms with Gasteiger partial charge in [0.25, 0.3) is 5.69 Å². The van der Waals surface area contributed by atoms with Gasteiger partial charge >= 0.3 is 0 Å². The second kappa shape index (κ2) is 7.80. The minimum Gasteiger partial charge on any atom is -0.493 e. The van der Waals surface area contributed by atoms with Crippen molar-refractivity contribution in [2.45, 2.75) is 13.3 Å². The SMILES string of the molecule is Cc1ccc(OCCCOc2cccc(C#N)c2)cc1[N+](=O)[O-]. The number of rotatable bonds is 7. The Kier molecular flexibility index (Phi) is 5.53. The molecule has 0 aromatic heterocycles. The molecule has 0 saturated carbocycles. The number of hydrogen-bond acceptors (Lipinski definition) is 5. The van der Waals surface area contributed by atoms with Gasteiger partial charge in [0, 0.05) is 12.0 Å². The summed E-state index contributed by atoms with van der Waals surface area (Å²) < 4.78 is 11.0. The van der Waals surface area contributed by atoms with Crippen molar-refractivity contribution in [1.29, 1.82) is 5.26 Å². The minimum absolute atomic E-state index is 0.0482. The maximum atomic E-state index is 10.9. The van der Waals surface area contributed by atoms with Gasteiger partial charge in [0.05, 0.1) is 35.8 Å². The van der Waals surface area contributed by atoms with Crippen LogP contribution in [0.1, 0.15) is 17.5 Å². The van der Waals surface area contributed by atoms with E-state index in [1.165, 1.54) is 6.07 Å². The second-order valence-corrected chi connectivity index (χ2v) is 4.90. The van der Waals surface area contributed by atoms with Crippen molar-refractivity contribution in [3.63, 3.8) is 0 Å². The van der Waals surface area contributed by atoms with E-state index < -0.39 is 4.92 Å². The highest BCUT2D eigenvalue weighted by Crippen LogP contribution is 2.23. The Balaban J connectivity index is 1.78. The van der Waals surface area contributed by atoms with Crippen LogP contribution in [0.5, 0.6) is 11.5 Å². The van der Waals surface area contributed by atoms with Crippen LogP contribution in [0.15, 0.2) is 42.5 Å². The first kappa shape index (κ1) is 16.3. The van der Waals surface area contributed by atoms with E-state index in [2.05, 4.69) is 0 Å². The Hall–Kier alpha value is -3.07. The van der Waals surface area contributed by atoms with Gasteiger partial charge in [-0.3, -0.25) is 10.1 Å². The molecule has 0 bridgehead atoms. The van der Waals surface area contributed by atoms with Gasteiger partial charge in [-0.05, 0) is 37.3 Å². The summed E-state index contributed by atoms with van der Waals surface area (Å²) in [7, 11) is 0. The van der Waals surface area contributed by atoms with E-state index in [0.29, 0.717) is 42.3 Å². The van der Waals surface area contributed by atoms with Gasteiger partial charge in [-0.2, -0.15) is 5.26 Å². The topological polar surface area (TPSA) is 85.4 Å². The highest BCUT2D eigenvalue weighted by Gasteiger charge is 2.11. The lowest BCUT2D eigenvalue weighted by atomic mass is 10.2. The van der Waals surface area contributed by atoms with Crippen molar-refractivity contribution in [3.05, 3.63) is 63.7 Å². The number of nitro groups is 1. The summed E-state index contributed by atoms with van der Waals surface area (Å²) in [6, 6.07) is 13.8. The average Bonchev–Trinajstić information content (AvgIpc) is 2.56. The van der Waals surface area contributed by atoms with Crippen molar-refractivity contribution >= 4 is 5.69 Å².